The largest absolute Gasteiger partial charge is 0.550 e. The Kier molecular flexibility index (Phi) is 4.51. The van der Waals surface area contributed by atoms with Crippen molar-refractivity contribution in [3.05, 3.63) is 29.8 Å². The summed E-state index contributed by atoms with van der Waals surface area (Å²) >= 11 is 0. The lowest BCUT2D eigenvalue weighted by atomic mass is 9.95. The van der Waals surface area contributed by atoms with Crippen molar-refractivity contribution in [3.63, 3.8) is 0 Å². The van der Waals surface area contributed by atoms with Crippen LogP contribution < -0.4 is 15.9 Å². The fraction of sp³-hybridized carbons (Fsp3) is 0.333. The number of benzene rings is 1. The van der Waals surface area contributed by atoms with Crippen LogP contribution in [0.3, 0.4) is 0 Å². The number of aliphatic carboxylic acids is 2. The van der Waals surface area contributed by atoms with Gasteiger partial charge in [-0.05, 0) is 37.0 Å². The SMILES string of the molecule is Nc1ccc(C[C@H](CCC(=O)[O-])C(=O)[O-])cc1. The third-order valence-corrected chi connectivity index (χ3v) is 2.49. The average Bonchev–Trinajstić information content (AvgIpc) is 2.26. The van der Waals surface area contributed by atoms with E-state index in [2.05, 4.69) is 0 Å². The van der Waals surface area contributed by atoms with Crippen molar-refractivity contribution in [2.45, 2.75) is 19.3 Å². The highest BCUT2D eigenvalue weighted by atomic mass is 16.4. The molecule has 0 bridgehead atoms. The maximum absolute atomic E-state index is 10.8. The Balaban J connectivity index is 2.63. The van der Waals surface area contributed by atoms with Gasteiger partial charge in [-0.15, -0.1) is 0 Å². The molecule has 0 saturated heterocycles. The number of hydrogen-bond donors (Lipinski definition) is 1. The van der Waals surface area contributed by atoms with Gasteiger partial charge in [0.25, 0.3) is 0 Å². The molecule has 0 amide bonds. The van der Waals surface area contributed by atoms with E-state index in [4.69, 9.17) is 5.73 Å². The van der Waals surface area contributed by atoms with E-state index < -0.39 is 17.9 Å². The highest BCUT2D eigenvalue weighted by Gasteiger charge is 2.11. The Morgan fingerprint density at radius 3 is 2.24 bits per heavy atom. The van der Waals surface area contributed by atoms with Crippen LogP contribution in [0.4, 0.5) is 5.69 Å². The number of carbonyl (C=O) groups excluding carboxylic acids is 2. The van der Waals surface area contributed by atoms with Crippen LogP contribution in [0.1, 0.15) is 18.4 Å². The van der Waals surface area contributed by atoms with Gasteiger partial charge in [-0.25, -0.2) is 0 Å². The minimum atomic E-state index is -1.26. The second kappa shape index (κ2) is 5.89. The van der Waals surface area contributed by atoms with E-state index in [1.54, 1.807) is 24.3 Å². The third-order valence-electron chi connectivity index (χ3n) is 2.49. The van der Waals surface area contributed by atoms with Crippen molar-refractivity contribution >= 4 is 17.6 Å². The second-order valence-electron chi connectivity index (χ2n) is 3.87. The van der Waals surface area contributed by atoms with Crippen LogP contribution in [0.15, 0.2) is 24.3 Å². The van der Waals surface area contributed by atoms with Gasteiger partial charge in [0.15, 0.2) is 0 Å². The fourth-order valence-corrected chi connectivity index (χ4v) is 1.53. The van der Waals surface area contributed by atoms with Gasteiger partial charge in [-0.1, -0.05) is 12.1 Å². The molecule has 0 fully saturated rings. The number of hydrogen-bond acceptors (Lipinski definition) is 5. The van der Waals surface area contributed by atoms with Crippen LogP contribution >= 0.6 is 0 Å². The number of carboxylic acid groups (broad SMARTS) is 2. The Morgan fingerprint density at radius 1 is 1.18 bits per heavy atom. The maximum atomic E-state index is 10.8. The number of carboxylic acids is 2. The van der Waals surface area contributed by atoms with E-state index in [1.807, 2.05) is 0 Å². The fourth-order valence-electron chi connectivity index (χ4n) is 1.53. The summed E-state index contributed by atoms with van der Waals surface area (Å²) in [6.45, 7) is 0. The molecule has 0 aliphatic heterocycles. The van der Waals surface area contributed by atoms with Crippen LogP contribution in [0.5, 0.6) is 0 Å². The summed E-state index contributed by atoms with van der Waals surface area (Å²) in [7, 11) is 0. The molecule has 1 atom stereocenters. The average molecular weight is 235 g/mol. The molecule has 0 spiro atoms. The molecule has 17 heavy (non-hydrogen) atoms. The van der Waals surface area contributed by atoms with Crippen LogP contribution in [0.25, 0.3) is 0 Å². The molecule has 2 N–H and O–H groups in total. The first-order valence-electron chi connectivity index (χ1n) is 5.24. The van der Waals surface area contributed by atoms with E-state index in [1.165, 1.54) is 0 Å². The van der Waals surface area contributed by atoms with Crippen molar-refractivity contribution in [2.24, 2.45) is 5.92 Å². The van der Waals surface area contributed by atoms with Gasteiger partial charge in [0.1, 0.15) is 0 Å². The summed E-state index contributed by atoms with van der Waals surface area (Å²) in [5, 5.41) is 21.1. The standard InChI is InChI=1S/C12H15NO4/c13-10-4-1-8(2-5-10)7-9(12(16)17)3-6-11(14)15/h1-2,4-5,9H,3,6-7,13H2,(H,14,15)(H,16,17)/p-2/t9-/m0/s1. The Morgan fingerprint density at radius 2 is 1.76 bits per heavy atom. The van der Waals surface area contributed by atoms with Gasteiger partial charge in [-0.3, -0.25) is 0 Å². The zero-order valence-electron chi connectivity index (χ0n) is 9.22. The first-order valence-corrected chi connectivity index (χ1v) is 5.24. The molecule has 0 aliphatic carbocycles. The van der Waals surface area contributed by atoms with E-state index >= 15 is 0 Å². The molecule has 92 valence electrons. The van der Waals surface area contributed by atoms with Crippen LogP contribution in [0.2, 0.25) is 0 Å². The van der Waals surface area contributed by atoms with E-state index in [9.17, 15) is 19.8 Å². The summed E-state index contributed by atoms with van der Waals surface area (Å²) in [6, 6.07) is 6.76. The molecular formula is C12H13NO4-2. The van der Waals surface area contributed by atoms with Crippen LogP contribution in [-0.4, -0.2) is 11.9 Å². The summed E-state index contributed by atoms with van der Waals surface area (Å²) in [5.41, 5.74) is 6.88. The molecule has 1 aromatic carbocycles. The predicted octanol–water partition coefficient (Wildman–Crippen LogP) is -1.29. The molecule has 0 aliphatic rings. The maximum Gasteiger partial charge on any atom is 0.0448 e. The van der Waals surface area contributed by atoms with Crippen molar-refractivity contribution < 1.29 is 19.8 Å². The number of nitrogen functional groups attached to an aromatic ring is 1. The molecule has 5 heteroatoms. The smallest absolute Gasteiger partial charge is 0.0448 e. The molecule has 0 unspecified atom stereocenters. The molecule has 0 radical (unpaired) electrons. The summed E-state index contributed by atoms with van der Waals surface area (Å²) < 4.78 is 0. The summed E-state index contributed by atoms with van der Waals surface area (Å²) in [4.78, 5) is 21.1. The highest BCUT2D eigenvalue weighted by molar-refractivity contribution is 5.70. The molecular weight excluding hydrogens is 222 g/mol. The van der Waals surface area contributed by atoms with Crippen LogP contribution in [0, 0.1) is 5.92 Å². The number of rotatable bonds is 6. The summed E-state index contributed by atoms with van der Waals surface area (Å²) in [5.74, 6) is -3.33. The first kappa shape index (κ1) is 13.0. The minimum absolute atomic E-state index is 0.00897. The van der Waals surface area contributed by atoms with Crippen LogP contribution in [-0.2, 0) is 16.0 Å². The number of carbonyl (C=O) groups is 2. The van der Waals surface area contributed by atoms with Crippen molar-refractivity contribution in [1.29, 1.82) is 0 Å². The molecule has 1 aromatic rings. The molecule has 0 heterocycles. The first-order chi connectivity index (χ1) is 7.99. The lowest BCUT2D eigenvalue weighted by Gasteiger charge is -2.18. The molecule has 1 rings (SSSR count). The van der Waals surface area contributed by atoms with Crippen molar-refractivity contribution in [3.8, 4) is 0 Å². The van der Waals surface area contributed by atoms with Gasteiger partial charge in [0.2, 0.25) is 0 Å². The van der Waals surface area contributed by atoms with E-state index in [0.29, 0.717) is 5.69 Å². The minimum Gasteiger partial charge on any atom is -0.550 e. The van der Waals surface area contributed by atoms with Gasteiger partial charge in [0, 0.05) is 23.5 Å². The van der Waals surface area contributed by atoms with Gasteiger partial charge < -0.3 is 25.5 Å². The number of anilines is 1. The third kappa shape index (κ3) is 4.55. The monoisotopic (exact) mass is 235 g/mol. The van der Waals surface area contributed by atoms with Gasteiger partial charge >= 0.3 is 0 Å². The highest BCUT2D eigenvalue weighted by Crippen LogP contribution is 2.15. The van der Waals surface area contributed by atoms with E-state index in [-0.39, 0.29) is 19.3 Å². The Labute approximate surface area is 98.9 Å². The Hall–Kier alpha value is -2.04. The number of nitrogens with two attached hydrogens (primary N) is 1. The zero-order valence-corrected chi connectivity index (χ0v) is 9.22. The lowest BCUT2D eigenvalue weighted by molar-refractivity contribution is -0.313. The predicted molar refractivity (Wildman–Crippen MR) is 57.3 cm³/mol. The molecule has 5 nitrogen and oxygen atoms in total. The zero-order chi connectivity index (χ0) is 12.8. The quantitative estimate of drug-likeness (QED) is 0.617. The van der Waals surface area contributed by atoms with E-state index in [0.717, 1.165) is 5.56 Å². The lowest BCUT2D eigenvalue weighted by Crippen LogP contribution is -2.34. The van der Waals surface area contributed by atoms with Gasteiger partial charge in [0.05, 0.1) is 0 Å². The van der Waals surface area contributed by atoms with Crippen molar-refractivity contribution in [1.82, 2.24) is 0 Å². The normalized spacial score (nSPS) is 12.0. The topological polar surface area (TPSA) is 106 Å². The Bertz CT molecular complexity index is 399. The van der Waals surface area contributed by atoms with Crippen molar-refractivity contribution in [2.75, 3.05) is 5.73 Å². The second-order valence-corrected chi connectivity index (χ2v) is 3.87. The molecule has 0 aromatic heterocycles. The summed E-state index contributed by atoms with van der Waals surface area (Å²) in [6.07, 6.45) is -0.0431. The molecule has 0 saturated carbocycles. The van der Waals surface area contributed by atoms with Gasteiger partial charge in [-0.2, -0.15) is 0 Å².